The van der Waals surface area contributed by atoms with E-state index < -0.39 is 60.8 Å². The molecule has 1 aliphatic heterocycles. The molecule has 0 aromatic carbocycles. The maximum atomic E-state index is 11.5. The molecule has 1 saturated heterocycles. The number of phosphoric acid groups is 3. The third-order valence-corrected chi connectivity index (χ3v) is 5.99. The van der Waals surface area contributed by atoms with E-state index in [1.165, 1.54) is 0 Å². The summed E-state index contributed by atoms with van der Waals surface area (Å²) in [5.41, 5.74) is 0. The number of aliphatic hydroxyl groups is 1. The van der Waals surface area contributed by atoms with Gasteiger partial charge in [-0.25, -0.2) is 13.7 Å². The van der Waals surface area contributed by atoms with Gasteiger partial charge < -0.3 is 43.9 Å². The van der Waals surface area contributed by atoms with Gasteiger partial charge in [0.1, 0.15) is 24.4 Å². The monoisotopic (exact) mass is 532 g/mol. The lowest BCUT2D eigenvalue weighted by Gasteiger charge is -2.44. The van der Waals surface area contributed by atoms with Crippen molar-refractivity contribution in [1.82, 2.24) is 0 Å². The molecule has 0 aromatic rings. The number of ether oxygens (including phenoxy) is 2. The molecule has 0 aliphatic carbocycles. The summed E-state index contributed by atoms with van der Waals surface area (Å²) in [6.07, 6.45) is -6.69. The van der Waals surface area contributed by atoms with Crippen molar-refractivity contribution in [2.75, 3.05) is 13.2 Å². The fourth-order valence-electron chi connectivity index (χ4n) is 3.35. The molecule has 1 fully saturated rings. The molecule has 0 radical (unpaired) electrons. The normalized spacial score (nSPS) is 27.8. The van der Waals surface area contributed by atoms with Crippen molar-refractivity contribution < 1.29 is 71.2 Å². The van der Waals surface area contributed by atoms with Crippen LogP contribution in [0.25, 0.3) is 0 Å². The lowest BCUT2D eigenvalue weighted by molar-refractivity contribution is -0.294. The highest BCUT2D eigenvalue weighted by Crippen LogP contribution is 2.50. The molecular formula is C14H31O15P3. The van der Waals surface area contributed by atoms with Gasteiger partial charge in [0.25, 0.3) is 0 Å². The Morgan fingerprint density at radius 3 is 1.62 bits per heavy atom. The van der Waals surface area contributed by atoms with Gasteiger partial charge in [-0.3, -0.25) is 13.6 Å². The van der Waals surface area contributed by atoms with Gasteiger partial charge in [0, 0.05) is 0 Å². The lowest BCUT2D eigenvalue weighted by Crippen LogP contribution is -2.61. The van der Waals surface area contributed by atoms with Crippen molar-refractivity contribution in [1.29, 1.82) is 0 Å². The van der Waals surface area contributed by atoms with Gasteiger partial charge in [-0.1, -0.05) is 26.7 Å². The second kappa shape index (κ2) is 12.8. The Morgan fingerprint density at radius 2 is 1.22 bits per heavy atom. The Bertz CT molecular complexity index is 695. The summed E-state index contributed by atoms with van der Waals surface area (Å²) in [6, 6.07) is 0. The minimum absolute atomic E-state index is 0.00182. The van der Waals surface area contributed by atoms with Crippen LogP contribution in [0.3, 0.4) is 0 Å². The van der Waals surface area contributed by atoms with E-state index >= 15 is 0 Å². The summed E-state index contributed by atoms with van der Waals surface area (Å²) < 4.78 is 58.9. The molecule has 18 heteroatoms. The van der Waals surface area contributed by atoms with Crippen LogP contribution in [-0.2, 0) is 36.7 Å². The van der Waals surface area contributed by atoms with Crippen LogP contribution >= 0.6 is 23.5 Å². The Labute approximate surface area is 184 Å². The van der Waals surface area contributed by atoms with Gasteiger partial charge in [0.05, 0.1) is 13.2 Å². The first kappa shape index (κ1) is 30.2. The largest absolute Gasteiger partial charge is 0.470 e. The van der Waals surface area contributed by atoms with Crippen LogP contribution in [0.4, 0.5) is 0 Å². The average Bonchev–Trinajstić information content (AvgIpc) is 2.60. The molecular weight excluding hydrogens is 501 g/mol. The van der Waals surface area contributed by atoms with E-state index in [4.69, 9.17) is 19.3 Å². The summed E-state index contributed by atoms with van der Waals surface area (Å²) in [5.74, 6) is 0.00195. The summed E-state index contributed by atoms with van der Waals surface area (Å²) >= 11 is 0. The standard InChI is InChI=1S/C14H31O15P3/c1-3-5-9(6-4-2)8-25-14-13(29-32(22,23)24)12(28-31(19,20)21)11(10(7-15)26-14)27-30(16,17)18/h9-15H,3-8H2,1-2H3,(H2,16,17,18)(H2,19,20,21)(H2,22,23,24)/t10-,11-,12+,13-,14-/m1/s1. The topological polar surface area (TPSA) is 239 Å². The van der Waals surface area contributed by atoms with E-state index in [0.29, 0.717) is 0 Å². The van der Waals surface area contributed by atoms with Crippen LogP contribution in [0.5, 0.6) is 0 Å². The summed E-state index contributed by atoms with van der Waals surface area (Å²) in [7, 11) is -16.1. The van der Waals surface area contributed by atoms with Crippen LogP contribution < -0.4 is 0 Å². The van der Waals surface area contributed by atoms with Crippen LogP contribution in [0.15, 0.2) is 0 Å². The molecule has 0 unspecified atom stereocenters. The Morgan fingerprint density at radius 1 is 0.781 bits per heavy atom. The molecule has 7 N–H and O–H groups in total. The average molecular weight is 532 g/mol. The molecule has 0 aromatic heterocycles. The molecule has 5 atom stereocenters. The molecule has 0 spiro atoms. The first-order chi connectivity index (χ1) is 14.6. The maximum Gasteiger partial charge on any atom is 0.470 e. The number of hydrogen-bond acceptors (Lipinski definition) is 9. The summed E-state index contributed by atoms with van der Waals surface area (Å²) in [5, 5.41) is 9.60. The number of hydrogen-bond donors (Lipinski definition) is 7. The Hall–Kier alpha value is 0.210. The molecule has 15 nitrogen and oxygen atoms in total. The second-order valence-corrected chi connectivity index (χ2v) is 10.8. The first-order valence-electron chi connectivity index (χ1n) is 9.70. The SMILES string of the molecule is CCCC(CCC)CO[C@@H]1O[C@H](CO)[C@@H](OP(=O)(O)O)[C@H](OP(=O)(O)O)[C@H]1OP(=O)(O)O. The molecule has 1 rings (SSSR count). The predicted octanol–water partition coefficient (Wildman–Crippen LogP) is 0.370. The van der Waals surface area contributed by atoms with Gasteiger partial charge in [0.15, 0.2) is 6.29 Å². The Balaban J connectivity index is 3.33. The smallest absolute Gasteiger partial charge is 0.394 e. The van der Waals surface area contributed by atoms with Crippen molar-refractivity contribution in [3.05, 3.63) is 0 Å². The van der Waals surface area contributed by atoms with Gasteiger partial charge in [-0.05, 0) is 18.8 Å². The molecule has 192 valence electrons. The highest BCUT2D eigenvalue weighted by Gasteiger charge is 2.54. The molecule has 1 aliphatic rings. The number of phosphoric ester groups is 3. The van der Waals surface area contributed by atoms with E-state index in [9.17, 15) is 38.4 Å². The lowest BCUT2D eigenvalue weighted by atomic mass is 9.98. The van der Waals surface area contributed by atoms with Gasteiger partial charge in [0.2, 0.25) is 0 Å². The third-order valence-electron chi connectivity index (χ3n) is 4.44. The second-order valence-electron chi connectivity index (χ2n) is 7.18. The van der Waals surface area contributed by atoms with Crippen molar-refractivity contribution in [3.8, 4) is 0 Å². The van der Waals surface area contributed by atoms with E-state index in [2.05, 4.69) is 13.6 Å². The zero-order chi connectivity index (χ0) is 24.7. The van der Waals surface area contributed by atoms with Crippen molar-refractivity contribution >= 4 is 23.5 Å². The van der Waals surface area contributed by atoms with Crippen molar-refractivity contribution in [2.45, 2.75) is 70.2 Å². The van der Waals surface area contributed by atoms with Gasteiger partial charge in [-0.15, -0.1) is 0 Å². The molecule has 32 heavy (non-hydrogen) atoms. The van der Waals surface area contributed by atoms with Crippen LogP contribution in [0.1, 0.15) is 39.5 Å². The summed E-state index contributed by atoms with van der Waals surface area (Å²) in [6.45, 7) is 2.91. The van der Waals surface area contributed by atoms with Gasteiger partial charge in [-0.2, -0.15) is 0 Å². The van der Waals surface area contributed by atoms with Crippen molar-refractivity contribution in [3.63, 3.8) is 0 Å². The van der Waals surface area contributed by atoms with E-state index in [0.717, 1.165) is 25.7 Å². The van der Waals surface area contributed by atoms with Gasteiger partial charge >= 0.3 is 23.5 Å². The van der Waals surface area contributed by atoms with E-state index in [1.54, 1.807) is 0 Å². The highest BCUT2D eigenvalue weighted by molar-refractivity contribution is 7.47. The number of rotatable bonds is 14. The van der Waals surface area contributed by atoms with Crippen LogP contribution in [0.2, 0.25) is 0 Å². The molecule has 0 amide bonds. The van der Waals surface area contributed by atoms with E-state index in [-0.39, 0.29) is 12.5 Å². The minimum atomic E-state index is -5.42. The fraction of sp³-hybridized carbons (Fsp3) is 1.00. The molecule has 1 heterocycles. The predicted molar refractivity (Wildman–Crippen MR) is 106 cm³/mol. The van der Waals surface area contributed by atoms with Crippen LogP contribution in [0, 0.1) is 5.92 Å². The highest BCUT2D eigenvalue weighted by atomic mass is 31.2. The fourth-order valence-corrected chi connectivity index (χ4v) is 5.02. The Kier molecular flexibility index (Phi) is 12.1. The zero-order valence-electron chi connectivity index (χ0n) is 17.4. The maximum absolute atomic E-state index is 11.5. The molecule has 0 bridgehead atoms. The zero-order valence-corrected chi connectivity index (χ0v) is 20.1. The summed E-state index contributed by atoms with van der Waals surface area (Å²) in [4.78, 5) is 55.4. The van der Waals surface area contributed by atoms with Crippen LogP contribution in [-0.4, -0.2) is 78.4 Å². The van der Waals surface area contributed by atoms with E-state index in [1.807, 2.05) is 13.8 Å². The first-order valence-corrected chi connectivity index (χ1v) is 14.3. The number of aliphatic hydroxyl groups excluding tert-OH is 1. The minimum Gasteiger partial charge on any atom is -0.394 e. The quantitative estimate of drug-likeness (QED) is 0.150. The van der Waals surface area contributed by atoms with Crippen molar-refractivity contribution in [2.24, 2.45) is 5.92 Å². The molecule has 0 saturated carbocycles. The third kappa shape index (κ3) is 11.1.